The third kappa shape index (κ3) is 3.68. The van der Waals surface area contributed by atoms with Crippen molar-refractivity contribution in [2.45, 2.75) is 0 Å². The summed E-state index contributed by atoms with van der Waals surface area (Å²) in [6.07, 6.45) is 0. The summed E-state index contributed by atoms with van der Waals surface area (Å²) in [6.45, 7) is 0. The van der Waals surface area contributed by atoms with E-state index in [1.807, 2.05) is 36.4 Å². The van der Waals surface area contributed by atoms with E-state index in [-0.39, 0.29) is 11.7 Å². The predicted molar refractivity (Wildman–Crippen MR) is 89.0 cm³/mol. The topological polar surface area (TPSA) is 58.6 Å². The van der Waals surface area contributed by atoms with Gasteiger partial charge in [-0.05, 0) is 48.5 Å². The summed E-state index contributed by atoms with van der Waals surface area (Å²) in [5.41, 5.74) is 1.03. The van der Waals surface area contributed by atoms with Gasteiger partial charge in [0.15, 0.2) is 0 Å². The Balaban J connectivity index is 1.82. The van der Waals surface area contributed by atoms with Crippen molar-refractivity contribution >= 4 is 11.6 Å². The molecule has 0 aromatic heterocycles. The second kappa shape index (κ2) is 6.66. The van der Waals surface area contributed by atoms with Crippen LogP contribution in [0.5, 0.6) is 17.2 Å². The van der Waals surface area contributed by atoms with Gasteiger partial charge in [0.05, 0.1) is 5.56 Å². The van der Waals surface area contributed by atoms with Crippen molar-refractivity contribution in [2.75, 3.05) is 5.32 Å². The third-order valence-electron chi connectivity index (χ3n) is 3.23. The van der Waals surface area contributed by atoms with Crippen LogP contribution in [0.4, 0.5) is 5.69 Å². The molecule has 1 amide bonds. The molecule has 0 atom stereocenters. The number of rotatable bonds is 4. The summed E-state index contributed by atoms with van der Waals surface area (Å²) in [4.78, 5) is 12.5. The predicted octanol–water partition coefficient (Wildman–Crippen LogP) is 4.44. The van der Waals surface area contributed by atoms with E-state index in [4.69, 9.17) is 4.74 Å². The molecule has 0 saturated heterocycles. The Morgan fingerprint density at radius 2 is 1.48 bits per heavy atom. The molecule has 0 fully saturated rings. The Labute approximate surface area is 134 Å². The molecule has 0 heterocycles. The van der Waals surface area contributed by atoms with E-state index in [0.717, 1.165) is 0 Å². The van der Waals surface area contributed by atoms with Crippen LogP contribution in [0.15, 0.2) is 78.9 Å². The second-order valence-electron chi connectivity index (χ2n) is 4.91. The Morgan fingerprint density at radius 1 is 0.826 bits per heavy atom. The molecule has 3 aromatic rings. The van der Waals surface area contributed by atoms with Gasteiger partial charge in [-0.2, -0.15) is 0 Å². The molecule has 3 rings (SSSR count). The quantitative estimate of drug-likeness (QED) is 0.701. The molecule has 0 radical (unpaired) electrons. The van der Waals surface area contributed by atoms with Gasteiger partial charge in [-0.1, -0.05) is 30.3 Å². The molecular weight excluding hydrogens is 290 g/mol. The van der Waals surface area contributed by atoms with Crippen LogP contribution in [0.2, 0.25) is 0 Å². The lowest BCUT2D eigenvalue weighted by Crippen LogP contribution is -2.12. The number of phenols is 1. The molecule has 23 heavy (non-hydrogen) atoms. The van der Waals surface area contributed by atoms with Crippen molar-refractivity contribution in [2.24, 2.45) is 0 Å². The zero-order valence-corrected chi connectivity index (χ0v) is 12.3. The smallest absolute Gasteiger partial charge is 0.259 e. The lowest BCUT2D eigenvalue weighted by atomic mass is 10.1. The van der Waals surface area contributed by atoms with E-state index in [1.54, 1.807) is 30.3 Å². The maximum absolute atomic E-state index is 12.5. The zero-order valence-electron chi connectivity index (χ0n) is 12.3. The molecule has 2 N–H and O–H groups in total. The molecule has 0 aliphatic heterocycles. The number of hydrogen-bond donors (Lipinski definition) is 2. The minimum absolute atomic E-state index is 0.149. The lowest BCUT2D eigenvalue weighted by Gasteiger charge is -2.11. The molecule has 0 aliphatic rings. The van der Waals surface area contributed by atoms with Crippen LogP contribution in [-0.2, 0) is 0 Å². The minimum Gasteiger partial charge on any atom is -0.508 e. The average Bonchev–Trinajstić information content (AvgIpc) is 2.58. The number of para-hydroxylation sites is 2. The number of carbonyl (C=O) groups is 1. The third-order valence-corrected chi connectivity index (χ3v) is 3.23. The monoisotopic (exact) mass is 305 g/mol. The van der Waals surface area contributed by atoms with E-state index in [1.165, 1.54) is 12.1 Å². The van der Waals surface area contributed by atoms with Gasteiger partial charge in [-0.15, -0.1) is 0 Å². The number of carbonyl (C=O) groups excluding carboxylic acids is 1. The van der Waals surface area contributed by atoms with Crippen LogP contribution in [-0.4, -0.2) is 11.0 Å². The SMILES string of the molecule is O=C(Nc1ccc(O)cc1)c1ccccc1Oc1ccccc1. The molecule has 0 unspecified atom stereocenters. The number of anilines is 1. The van der Waals surface area contributed by atoms with E-state index >= 15 is 0 Å². The summed E-state index contributed by atoms with van der Waals surface area (Å²) in [7, 11) is 0. The maximum atomic E-state index is 12.5. The first-order valence-electron chi connectivity index (χ1n) is 7.15. The average molecular weight is 305 g/mol. The highest BCUT2D eigenvalue weighted by molar-refractivity contribution is 6.06. The Hall–Kier alpha value is -3.27. The molecule has 0 bridgehead atoms. The normalized spacial score (nSPS) is 10.1. The Bertz CT molecular complexity index is 798. The van der Waals surface area contributed by atoms with Gasteiger partial charge in [0.1, 0.15) is 17.2 Å². The molecule has 114 valence electrons. The number of amides is 1. The molecule has 4 heteroatoms. The number of nitrogens with one attached hydrogen (secondary N) is 1. The molecule has 0 spiro atoms. The van der Waals surface area contributed by atoms with Crippen LogP contribution in [0.25, 0.3) is 0 Å². The minimum atomic E-state index is -0.276. The Kier molecular flexibility index (Phi) is 4.25. The summed E-state index contributed by atoms with van der Waals surface area (Å²) in [5, 5.41) is 12.1. The van der Waals surface area contributed by atoms with Gasteiger partial charge >= 0.3 is 0 Å². The van der Waals surface area contributed by atoms with Crippen LogP contribution in [0.3, 0.4) is 0 Å². The van der Waals surface area contributed by atoms with Crippen molar-refractivity contribution in [3.05, 3.63) is 84.4 Å². The maximum Gasteiger partial charge on any atom is 0.259 e. The number of benzene rings is 3. The van der Waals surface area contributed by atoms with E-state index in [0.29, 0.717) is 22.7 Å². The fourth-order valence-electron chi connectivity index (χ4n) is 2.10. The standard InChI is InChI=1S/C19H15NO3/c21-15-12-10-14(11-13-15)20-19(22)17-8-4-5-9-18(17)23-16-6-2-1-3-7-16/h1-13,21H,(H,20,22). The summed E-state index contributed by atoms with van der Waals surface area (Å²) < 4.78 is 5.79. The van der Waals surface area contributed by atoms with E-state index in [9.17, 15) is 9.90 Å². The molecule has 3 aromatic carbocycles. The van der Waals surface area contributed by atoms with Gasteiger partial charge in [0, 0.05) is 5.69 Å². The highest BCUT2D eigenvalue weighted by Gasteiger charge is 2.13. The highest BCUT2D eigenvalue weighted by atomic mass is 16.5. The lowest BCUT2D eigenvalue weighted by molar-refractivity contribution is 0.102. The Morgan fingerprint density at radius 3 is 2.22 bits per heavy atom. The fraction of sp³-hybridized carbons (Fsp3) is 0. The van der Waals surface area contributed by atoms with Gasteiger partial charge in [0.25, 0.3) is 5.91 Å². The highest BCUT2D eigenvalue weighted by Crippen LogP contribution is 2.26. The summed E-state index contributed by atoms with van der Waals surface area (Å²) in [6, 6.07) is 22.6. The first kappa shape index (κ1) is 14.7. The van der Waals surface area contributed by atoms with Gasteiger partial charge < -0.3 is 15.2 Å². The molecule has 0 saturated carbocycles. The molecular formula is C19H15NO3. The largest absolute Gasteiger partial charge is 0.508 e. The second-order valence-corrected chi connectivity index (χ2v) is 4.91. The van der Waals surface area contributed by atoms with Crippen molar-refractivity contribution in [3.8, 4) is 17.2 Å². The van der Waals surface area contributed by atoms with Crippen molar-refractivity contribution in [1.29, 1.82) is 0 Å². The van der Waals surface area contributed by atoms with Crippen molar-refractivity contribution in [3.63, 3.8) is 0 Å². The van der Waals surface area contributed by atoms with E-state index < -0.39 is 0 Å². The molecule has 0 aliphatic carbocycles. The first-order valence-corrected chi connectivity index (χ1v) is 7.15. The number of phenolic OH excluding ortho intramolecular Hbond substituents is 1. The van der Waals surface area contributed by atoms with Gasteiger partial charge in [0.2, 0.25) is 0 Å². The van der Waals surface area contributed by atoms with Crippen LogP contribution in [0, 0.1) is 0 Å². The van der Waals surface area contributed by atoms with Gasteiger partial charge in [-0.3, -0.25) is 4.79 Å². The number of hydrogen-bond acceptors (Lipinski definition) is 3. The van der Waals surface area contributed by atoms with Crippen LogP contribution >= 0.6 is 0 Å². The number of ether oxygens (including phenoxy) is 1. The van der Waals surface area contributed by atoms with Gasteiger partial charge in [-0.25, -0.2) is 0 Å². The van der Waals surface area contributed by atoms with E-state index in [2.05, 4.69) is 5.32 Å². The van der Waals surface area contributed by atoms with Crippen molar-refractivity contribution < 1.29 is 14.6 Å². The zero-order chi connectivity index (χ0) is 16.1. The van der Waals surface area contributed by atoms with Crippen LogP contribution < -0.4 is 10.1 Å². The first-order chi connectivity index (χ1) is 11.2. The fourth-order valence-corrected chi connectivity index (χ4v) is 2.10. The molecule has 4 nitrogen and oxygen atoms in total. The summed E-state index contributed by atoms with van der Waals surface area (Å²) in [5.74, 6) is 1.02. The number of aromatic hydroxyl groups is 1. The summed E-state index contributed by atoms with van der Waals surface area (Å²) >= 11 is 0. The van der Waals surface area contributed by atoms with Crippen molar-refractivity contribution in [1.82, 2.24) is 0 Å². The van der Waals surface area contributed by atoms with Crippen LogP contribution in [0.1, 0.15) is 10.4 Å².